The third-order valence-corrected chi connectivity index (χ3v) is 5.71. The van der Waals surface area contributed by atoms with Crippen LogP contribution in [0.3, 0.4) is 0 Å². The highest BCUT2D eigenvalue weighted by molar-refractivity contribution is 5.92. The Balaban J connectivity index is 1.91. The Bertz CT molecular complexity index is 747. The standard InChI is InChI=1S/C19H20O2/c1-19-10-9-15-14-6-4-13(21-2)11-12(14)3-5-16(15)17(19)7-8-18(19)20/h3-6,11,17H,7-10H2,1-2H3/t17-,19+/m1/s1. The molecule has 21 heavy (non-hydrogen) atoms. The van der Waals surface area contributed by atoms with Gasteiger partial charge in [0.15, 0.2) is 0 Å². The van der Waals surface area contributed by atoms with Crippen molar-refractivity contribution in [3.8, 4) is 5.75 Å². The van der Waals surface area contributed by atoms with Crippen molar-refractivity contribution >= 4 is 16.6 Å². The number of ether oxygens (including phenoxy) is 1. The smallest absolute Gasteiger partial charge is 0.139 e. The summed E-state index contributed by atoms with van der Waals surface area (Å²) < 4.78 is 5.32. The average Bonchev–Trinajstić information content (AvgIpc) is 2.82. The molecule has 0 aromatic heterocycles. The van der Waals surface area contributed by atoms with Gasteiger partial charge in [-0.05, 0) is 59.2 Å². The minimum atomic E-state index is -0.118. The third kappa shape index (κ3) is 1.68. The van der Waals surface area contributed by atoms with Crippen molar-refractivity contribution in [2.75, 3.05) is 7.11 Å². The fourth-order valence-electron chi connectivity index (χ4n) is 4.39. The molecular weight excluding hydrogens is 260 g/mol. The van der Waals surface area contributed by atoms with Crippen LogP contribution < -0.4 is 4.74 Å². The molecule has 2 nitrogen and oxygen atoms in total. The van der Waals surface area contributed by atoms with E-state index in [0.29, 0.717) is 11.7 Å². The van der Waals surface area contributed by atoms with Gasteiger partial charge in [0.25, 0.3) is 0 Å². The van der Waals surface area contributed by atoms with Gasteiger partial charge >= 0.3 is 0 Å². The molecule has 2 atom stereocenters. The lowest BCUT2D eigenvalue weighted by Crippen LogP contribution is -2.32. The Morgan fingerprint density at radius 1 is 1.19 bits per heavy atom. The highest BCUT2D eigenvalue weighted by Gasteiger charge is 2.49. The second kappa shape index (κ2) is 4.33. The van der Waals surface area contributed by atoms with Crippen LogP contribution in [0.4, 0.5) is 0 Å². The number of carbonyl (C=O) groups excluding carboxylic acids is 1. The SMILES string of the molecule is COc1ccc2c3c(ccc2c1)[C@H]1CCC(=O)[C@@]1(C)CC3. The van der Waals surface area contributed by atoms with Crippen LogP contribution >= 0.6 is 0 Å². The number of fused-ring (bicyclic) bond motifs is 5. The molecule has 2 aliphatic carbocycles. The molecule has 2 aliphatic rings. The summed E-state index contributed by atoms with van der Waals surface area (Å²) in [4.78, 5) is 12.3. The van der Waals surface area contributed by atoms with Gasteiger partial charge in [0.05, 0.1) is 7.11 Å². The molecule has 2 heteroatoms. The van der Waals surface area contributed by atoms with E-state index in [1.54, 1.807) is 7.11 Å². The molecule has 0 saturated heterocycles. The summed E-state index contributed by atoms with van der Waals surface area (Å²) in [6.45, 7) is 2.17. The normalized spacial score (nSPS) is 27.5. The van der Waals surface area contributed by atoms with Crippen LogP contribution in [-0.2, 0) is 11.2 Å². The van der Waals surface area contributed by atoms with E-state index in [-0.39, 0.29) is 5.41 Å². The first-order valence-corrected chi connectivity index (χ1v) is 7.76. The van der Waals surface area contributed by atoms with Gasteiger partial charge < -0.3 is 4.74 Å². The van der Waals surface area contributed by atoms with Crippen LogP contribution in [0.5, 0.6) is 5.75 Å². The zero-order valence-electron chi connectivity index (χ0n) is 12.6. The fourth-order valence-corrected chi connectivity index (χ4v) is 4.39. The molecule has 0 unspecified atom stereocenters. The molecule has 2 aromatic carbocycles. The van der Waals surface area contributed by atoms with Crippen LogP contribution in [0.15, 0.2) is 30.3 Å². The number of hydrogen-bond donors (Lipinski definition) is 0. The molecule has 0 bridgehead atoms. The average molecular weight is 280 g/mol. The van der Waals surface area contributed by atoms with Crippen molar-refractivity contribution in [1.29, 1.82) is 0 Å². The van der Waals surface area contributed by atoms with Gasteiger partial charge in [-0.3, -0.25) is 4.79 Å². The second-order valence-electron chi connectivity index (χ2n) is 6.65. The first-order valence-electron chi connectivity index (χ1n) is 7.76. The van der Waals surface area contributed by atoms with Crippen molar-refractivity contribution in [3.05, 3.63) is 41.5 Å². The number of Topliss-reactive ketones (excluding diaryl/α,β-unsaturated/α-hetero) is 1. The molecule has 0 N–H and O–H groups in total. The molecule has 0 spiro atoms. The maximum atomic E-state index is 12.3. The maximum Gasteiger partial charge on any atom is 0.139 e. The van der Waals surface area contributed by atoms with Crippen molar-refractivity contribution in [3.63, 3.8) is 0 Å². The van der Waals surface area contributed by atoms with Gasteiger partial charge in [0.1, 0.15) is 11.5 Å². The number of ketones is 1. The van der Waals surface area contributed by atoms with Crippen molar-refractivity contribution in [1.82, 2.24) is 0 Å². The van der Waals surface area contributed by atoms with Crippen LogP contribution in [0.2, 0.25) is 0 Å². The largest absolute Gasteiger partial charge is 0.497 e. The summed E-state index contributed by atoms with van der Waals surface area (Å²) in [6.07, 6.45) is 3.78. The molecule has 0 radical (unpaired) electrons. The van der Waals surface area contributed by atoms with E-state index >= 15 is 0 Å². The molecule has 0 aliphatic heterocycles. The number of aryl methyl sites for hydroxylation is 1. The lowest BCUT2D eigenvalue weighted by molar-refractivity contribution is -0.126. The van der Waals surface area contributed by atoms with E-state index in [1.165, 1.54) is 21.9 Å². The topological polar surface area (TPSA) is 26.3 Å². The summed E-state index contributed by atoms with van der Waals surface area (Å²) in [5.74, 6) is 1.78. The quantitative estimate of drug-likeness (QED) is 0.780. The van der Waals surface area contributed by atoms with Gasteiger partial charge in [-0.2, -0.15) is 0 Å². The maximum absolute atomic E-state index is 12.3. The fraction of sp³-hybridized carbons (Fsp3) is 0.421. The van der Waals surface area contributed by atoms with E-state index in [1.807, 2.05) is 6.07 Å². The van der Waals surface area contributed by atoms with E-state index < -0.39 is 0 Å². The van der Waals surface area contributed by atoms with E-state index in [2.05, 4.69) is 31.2 Å². The Morgan fingerprint density at radius 3 is 2.86 bits per heavy atom. The van der Waals surface area contributed by atoms with Crippen LogP contribution in [0, 0.1) is 5.41 Å². The van der Waals surface area contributed by atoms with Gasteiger partial charge in [-0.25, -0.2) is 0 Å². The lowest BCUT2D eigenvalue weighted by atomic mass is 9.66. The van der Waals surface area contributed by atoms with Crippen molar-refractivity contribution in [2.24, 2.45) is 5.41 Å². The monoisotopic (exact) mass is 280 g/mol. The van der Waals surface area contributed by atoms with E-state index in [4.69, 9.17) is 4.74 Å². The van der Waals surface area contributed by atoms with Crippen LogP contribution in [-0.4, -0.2) is 12.9 Å². The summed E-state index contributed by atoms with van der Waals surface area (Å²) in [6, 6.07) is 10.7. The predicted molar refractivity (Wildman–Crippen MR) is 83.9 cm³/mol. The second-order valence-corrected chi connectivity index (χ2v) is 6.65. The van der Waals surface area contributed by atoms with Gasteiger partial charge in [-0.15, -0.1) is 0 Å². The first kappa shape index (κ1) is 12.9. The molecule has 0 heterocycles. The van der Waals surface area contributed by atoms with Crippen molar-refractivity contribution < 1.29 is 9.53 Å². The Morgan fingerprint density at radius 2 is 2.05 bits per heavy atom. The predicted octanol–water partition coefficient (Wildman–Crippen LogP) is 4.25. The zero-order valence-corrected chi connectivity index (χ0v) is 12.6. The van der Waals surface area contributed by atoms with Crippen LogP contribution in [0.1, 0.15) is 43.2 Å². The molecule has 1 fully saturated rings. The Labute approximate surface area is 125 Å². The minimum absolute atomic E-state index is 0.118. The molecule has 0 amide bonds. The van der Waals surface area contributed by atoms with Gasteiger partial charge in [-0.1, -0.05) is 25.1 Å². The number of carbonyl (C=O) groups is 1. The lowest BCUT2D eigenvalue weighted by Gasteiger charge is -2.37. The number of rotatable bonds is 1. The molecule has 1 saturated carbocycles. The summed E-state index contributed by atoms with van der Waals surface area (Å²) in [5, 5.41) is 2.57. The van der Waals surface area contributed by atoms with Gasteiger partial charge in [0.2, 0.25) is 0 Å². The van der Waals surface area contributed by atoms with Crippen molar-refractivity contribution in [2.45, 2.75) is 38.5 Å². The summed E-state index contributed by atoms with van der Waals surface area (Å²) in [5.41, 5.74) is 2.74. The molecular formula is C19H20O2. The minimum Gasteiger partial charge on any atom is -0.497 e. The summed E-state index contributed by atoms with van der Waals surface area (Å²) >= 11 is 0. The number of benzene rings is 2. The zero-order chi connectivity index (χ0) is 14.6. The number of hydrogen-bond acceptors (Lipinski definition) is 2. The van der Waals surface area contributed by atoms with Gasteiger partial charge in [0, 0.05) is 11.8 Å². The van der Waals surface area contributed by atoms with Crippen LogP contribution in [0.25, 0.3) is 10.8 Å². The Kier molecular flexibility index (Phi) is 2.66. The third-order valence-electron chi connectivity index (χ3n) is 5.71. The number of methoxy groups -OCH3 is 1. The van der Waals surface area contributed by atoms with E-state index in [9.17, 15) is 4.79 Å². The molecule has 4 rings (SSSR count). The molecule has 108 valence electrons. The molecule has 2 aromatic rings. The highest BCUT2D eigenvalue weighted by Crippen LogP contribution is 2.54. The Hall–Kier alpha value is -1.83. The summed E-state index contributed by atoms with van der Waals surface area (Å²) in [7, 11) is 1.70. The highest BCUT2D eigenvalue weighted by atomic mass is 16.5. The van der Waals surface area contributed by atoms with E-state index in [0.717, 1.165) is 31.4 Å². The first-order chi connectivity index (χ1) is 10.1.